The molecule has 0 saturated carbocycles. The van der Waals surface area contributed by atoms with Gasteiger partial charge in [-0.05, 0) is 30.3 Å². The summed E-state index contributed by atoms with van der Waals surface area (Å²) in [7, 11) is 0. The fourth-order valence-electron chi connectivity index (χ4n) is 1.31. The minimum atomic E-state index is -0.541. The molecule has 0 aliphatic heterocycles. The summed E-state index contributed by atoms with van der Waals surface area (Å²) in [6.07, 6.45) is 1.38. The highest BCUT2D eigenvalue weighted by molar-refractivity contribution is 6.31. The van der Waals surface area contributed by atoms with Crippen LogP contribution in [0.15, 0.2) is 36.5 Å². The van der Waals surface area contributed by atoms with Crippen molar-refractivity contribution in [3.05, 3.63) is 53.1 Å². The molecule has 2 rings (SSSR count). The molecule has 92 valence electrons. The van der Waals surface area contributed by atoms with E-state index in [-0.39, 0.29) is 10.7 Å². The van der Waals surface area contributed by atoms with E-state index in [0.29, 0.717) is 11.4 Å². The smallest absolute Gasteiger partial charge is 0.274 e. The topological polar surface area (TPSA) is 68.0 Å². The second kappa shape index (κ2) is 5.01. The molecular formula is C12H9ClFN3O. The van der Waals surface area contributed by atoms with Crippen LogP contribution in [0.2, 0.25) is 5.02 Å². The lowest BCUT2D eigenvalue weighted by Gasteiger charge is -2.05. The summed E-state index contributed by atoms with van der Waals surface area (Å²) < 4.78 is 12.9. The van der Waals surface area contributed by atoms with Crippen LogP contribution in [-0.4, -0.2) is 10.9 Å². The van der Waals surface area contributed by atoms with Crippen LogP contribution in [0, 0.1) is 5.82 Å². The van der Waals surface area contributed by atoms with E-state index in [4.69, 9.17) is 17.3 Å². The Hall–Kier alpha value is -2.14. The molecule has 0 saturated heterocycles. The van der Waals surface area contributed by atoms with Gasteiger partial charge in [0, 0.05) is 5.69 Å². The number of hydrogen-bond acceptors (Lipinski definition) is 3. The first-order valence-electron chi connectivity index (χ1n) is 5.04. The van der Waals surface area contributed by atoms with Crippen molar-refractivity contribution in [2.24, 2.45) is 0 Å². The van der Waals surface area contributed by atoms with E-state index < -0.39 is 11.7 Å². The van der Waals surface area contributed by atoms with Crippen LogP contribution in [0.4, 0.5) is 15.8 Å². The van der Waals surface area contributed by atoms with Crippen molar-refractivity contribution in [3.8, 4) is 0 Å². The number of nitrogens with one attached hydrogen (secondary N) is 1. The van der Waals surface area contributed by atoms with Gasteiger partial charge >= 0.3 is 0 Å². The van der Waals surface area contributed by atoms with Gasteiger partial charge in [0.25, 0.3) is 5.91 Å². The van der Waals surface area contributed by atoms with Crippen LogP contribution in [0.5, 0.6) is 0 Å². The monoisotopic (exact) mass is 265 g/mol. The third kappa shape index (κ3) is 2.75. The molecule has 1 aromatic carbocycles. The van der Waals surface area contributed by atoms with Crippen LogP contribution >= 0.6 is 11.6 Å². The van der Waals surface area contributed by atoms with Gasteiger partial charge in [-0.25, -0.2) is 9.37 Å². The van der Waals surface area contributed by atoms with Gasteiger partial charge in [0.05, 0.1) is 16.9 Å². The summed E-state index contributed by atoms with van der Waals surface area (Å²) in [6.45, 7) is 0. The van der Waals surface area contributed by atoms with Crippen molar-refractivity contribution >= 4 is 28.9 Å². The first-order valence-corrected chi connectivity index (χ1v) is 5.42. The number of anilines is 2. The van der Waals surface area contributed by atoms with Gasteiger partial charge in [0.1, 0.15) is 11.5 Å². The van der Waals surface area contributed by atoms with E-state index in [1.165, 1.54) is 30.5 Å². The van der Waals surface area contributed by atoms with Gasteiger partial charge in [-0.3, -0.25) is 4.79 Å². The molecule has 3 N–H and O–H groups in total. The Labute approximate surface area is 108 Å². The van der Waals surface area contributed by atoms with Crippen molar-refractivity contribution in [1.82, 2.24) is 4.98 Å². The lowest BCUT2D eigenvalue weighted by molar-refractivity contribution is 0.102. The largest absolute Gasteiger partial charge is 0.397 e. The molecule has 0 radical (unpaired) electrons. The van der Waals surface area contributed by atoms with Crippen LogP contribution in [0.25, 0.3) is 0 Å². The van der Waals surface area contributed by atoms with Crippen molar-refractivity contribution in [1.29, 1.82) is 0 Å². The number of carbonyl (C=O) groups is 1. The standard InChI is InChI=1S/C12H9ClFN3O/c13-9-5-8(2-3-10(9)14)17-12(18)11-4-1-7(15)6-16-11/h1-6H,15H2,(H,17,18). The lowest BCUT2D eigenvalue weighted by Crippen LogP contribution is -2.13. The second-order valence-electron chi connectivity index (χ2n) is 3.56. The summed E-state index contributed by atoms with van der Waals surface area (Å²) in [5.41, 5.74) is 6.54. The number of amides is 1. The van der Waals surface area contributed by atoms with Gasteiger partial charge in [-0.2, -0.15) is 0 Å². The van der Waals surface area contributed by atoms with Gasteiger partial charge < -0.3 is 11.1 Å². The Morgan fingerprint density at radius 3 is 2.72 bits per heavy atom. The molecule has 2 aromatic rings. The van der Waals surface area contributed by atoms with E-state index in [1.54, 1.807) is 6.07 Å². The Bertz CT molecular complexity index is 586. The number of benzene rings is 1. The van der Waals surface area contributed by atoms with Gasteiger partial charge in [0.15, 0.2) is 0 Å². The van der Waals surface area contributed by atoms with Crippen molar-refractivity contribution < 1.29 is 9.18 Å². The van der Waals surface area contributed by atoms with Crippen LogP contribution in [-0.2, 0) is 0 Å². The number of hydrogen-bond donors (Lipinski definition) is 2. The number of nitrogen functional groups attached to an aromatic ring is 1. The summed E-state index contributed by atoms with van der Waals surface area (Å²) >= 11 is 5.61. The number of carbonyl (C=O) groups excluding carboxylic acids is 1. The Morgan fingerprint density at radius 2 is 2.11 bits per heavy atom. The molecule has 0 unspecified atom stereocenters. The quantitative estimate of drug-likeness (QED) is 0.877. The molecule has 0 bridgehead atoms. The van der Waals surface area contributed by atoms with Crippen molar-refractivity contribution in [2.75, 3.05) is 11.1 Å². The summed E-state index contributed by atoms with van der Waals surface area (Å²) in [5, 5.41) is 2.50. The van der Waals surface area contributed by atoms with Gasteiger partial charge in [-0.1, -0.05) is 11.6 Å². The minimum Gasteiger partial charge on any atom is -0.397 e. The first-order chi connectivity index (χ1) is 8.56. The maximum atomic E-state index is 12.9. The molecule has 0 spiro atoms. The summed E-state index contributed by atoms with van der Waals surface area (Å²) in [5.74, 6) is -0.960. The molecule has 18 heavy (non-hydrogen) atoms. The Kier molecular flexibility index (Phi) is 3.43. The number of halogens is 2. The summed E-state index contributed by atoms with van der Waals surface area (Å²) in [4.78, 5) is 15.6. The third-order valence-electron chi connectivity index (χ3n) is 2.20. The zero-order chi connectivity index (χ0) is 13.1. The van der Waals surface area contributed by atoms with Gasteiger partial charge in [0.2, 0.25) is 0 Å². The number of nitrogens with two attached hydrogens (primary N) is 1. The molecule has 0 aliphatic carbocycles. The highest BCUT2D eigenvalue weighted by atomic mass is 35.5. The normalized spacial score (nSPS) is 10.1. The van der Waals surface area contributed by atoms with Crippen LogP contribution in [0.1, 0.15) is 10.5 Å². The number of rotatable bonds is 2. The SMILES string of the molecule is Nc1ccc(C(=O)Nc2ccc(F)c(Cl)c2)nc1. The molecule has 1 heterocycles. The van der Waals surface area contributed by atoms with Crippen molar-refractivity contribution in [3.63, 3.8) is 0 Å². The number of nitrogens with zero attached hydrogens (tertiary/aromatic N) is 1. The first kappa shape index (κ1) is 12.3. The van der Waals surface area contributed by atoms with Crippen molar-refractivity contribution in [2.45, 2.75) is 0 Å². The number of aromatic nitrogens is 1. The molecule has 1 amide bonds. The summed E-state index contributed by atoms with van der Waals surface area (Å²) in [6, 6.07) is 6.98. The fraction of sp³-hybridized carbons (Fsp3) is 0. The van der Waals surface area contributed by atoms with Crippen LogP contribution in [0.3, 0.4) is 0 Å². The second-order valence-corrected chi connectivity index (χ2v) is 3.97. The molecule has 4 nitrogen and oxygen atoms in total. The highest BCUT2D eigenvalue weighted by Crippen LogP contribution is 2.19. The fourth-order valence-corrected chi connectivity index (χ4v) is 1.49. The maximum Gasteiger partial charge on any atom is 0.274 e. The van der Waals surface area contributed by atoms with E-state index in [9.17, 15) is 9.18 Å². The zero-order valence-corrected chi connectivity index (χ0v) is 9.91. The average molecular weight is 266 g/mol. The molecule has 6 heteroatoms. The molecule has 0 aliphatic rings. The number of pyridine rings is 1. The third-order valence-corrected chi connectivity index (χ3v) is 2.49. The van der Waals surface area contributed by atoms with E-state index in [2.05, 4.69) is 10.3 Å². The maximum absolute atomic E-state index is 12.9. The molecular weight excluding hydrogens is 257 g/mol. The Balaban J connectivity index is 2.16. The molecule has 0 atom stereocenters. The Morgan fingerprint density at radius 1 is 1.33 bits per heavy atom. The predicted octanol–water partition coefficient (Wildman–Crippen LogP) is 2.71. The molecule has 1 aromatic heterocycles. The van der Waals surface area contributed by atoms with Crippen LogP contribution < -0.4 is 11.1 Å². The predicted molar refractivity (Wildman–Crippen MR) is 68.0 cm³/mol. The lowest BCUT2D eigenvalue weighted by atomic mass is 10.3. The zero-order valence-electron chi connectivity index (χ0n) is 9.15. The van der Waals surface area contributed by atoms with E-state index >= 15 is 0 Å². The minimum absolute atomic E-state index is 0.0573. The molecule has 0 fully saturated rings. The highest BCUT2D eigenvalue weighted by Gasteiger charge is 2.08. The van der Waals surface area contributed by atoms with E-state index in [0.717, 1.165) is 0 Å². The van der Waals surface area contributed by atoms with E-state index in [1.807, 2.05) is 0 Å². The van der Waals surface area contributed by atoms with Gasteiger partial charge in [-0.15, -0.1) is 0 Å². The average Bonchev–Trinajstić information content (AvgIpc) is 2.34.